The summed E-state index contributed by atoms with van der Waals surface area (Å²) in [5.41, 5.74) is 10.8. The van der Waals surface area contributed by atoms with Crippen LogP contribution in [0.2, 0.25) is 0 Å². The fourth-order valence-corrected chi connectivity index (χ4v) is 4.83. The fraction of sp³-hybridized carbons (Fsp3) is 0.222. The number of carbonyl (C=O) groups excluding carboxylic acids is 2. The molecule has 0 unspecified atom stereocenters. The summed E-state index contributed by atoms with van der Waals surface area (Å²) in [7, 11) is 8.10. The first kappa shape index (κ1) is 29.3. The van der Waals surface area contributed by atoms with E-state index in [-0.39, 0.29) is 0 Å². The molecule has 41 heavy (non-hydrogen) atoms. The molecule has 1 aliphatic rings. The number of hydrogen-bond donors (Lipinski definition) is 0. The molecule has 0 N–H and O–H groups in total. The predicted octanol–water partition coefficient (Wildman–Crippen LogP) is 7.58. The smallest absolute Gasteiger partial charge is 0.346 e. The van der Waals surface area contributed by atoms with E-state index in [4.69, 9.17) is 4.74 Å². The van der Waals surface area contributed by atoms with Crippen LogP contribution in [0.4, 0.5) is 11.4 Å². The fourth-order valence-electron chi connectivity index (χ4n) is 4.83. The van der Waals surface area contributed by atoms with Gasteiger partial charge in [-0.15, -0.1) is 0 Å². The number of esters is 2. The Balaban J connectivity index is 1.83. The minimum atomic E-state index is -0.606. The molecule has 1 saturated heterocycles. The van der Waals surface area contributed by atoms with Crippen molar-refractivity contribution in [1.29, 1.82) is 0 Å². The molecule has 1 aliphatic heterocycles. The Morgan fingerprint density at radius 3 is 1.49 bits per heavy atom. The van der Waals surface area contributed by atoms with E-state index in [0.29, 0.717) is 11.1 Å². The molecule has 1 heterocycles. The molecule has 3 aromatic rings. The van der Waals surface area contributed by atoms with Crippen molar-refractivity contribution in [2.75, 3.05) is 38.0 Å². The van der Waals surface area contributed by atoms with Gasteiger partial charge in [0, 0.05) is 39.6 Å². The van der Waals surface area contributed by atoms with Crippen LogP contribution in [0.15, 0.2) is 71.3 Å². The quantitative estimate of drug-likeness (QED) is 0.132. The Labute approximate surface area is 243 Å². The van der Waals surface area contributed by atoms with Crippen LogP contribution >= 0.6 is 0 Å². The number of anilines is 2. The Kier molecular flexibility index (Phi) is 8.77. The maximum atomic E-state index is 12.7. The number of nitrogens with zero attached hydrogens (tertiary/aromatic N) is 2. The third-order valence-electron chi connectivity index (χ3n) is 7.38. The molecule has 1 fully saturated rings. The Morgan fingerprint density at radius 2 is 1.10 bits per heavy atom. The van der Waals surface area contributed by atoms with Crippen LogP contribution in [0.25, 0.3) is 30.4 Å². The van der Waals surface area contributed by atoms with Gasteiger partial charge in [-0.2, -0.15) is 0 Å². The molecule has 0 atom stereocenters. The summed E-state index contributed by atoms with van der Waals surface area (Å²) in [6.45, 7) is 7.73. The molecule has 0 saturated carbocycles. The summed E-state index contributed by atoms with van der Waals surface area (Å²) >= 11 is 0. The third kappa shape index (κ3) is 6.58. The van der Waals surface area contributed by atoms with Gasteiger partial charge in [-0.05, 0) is 103 Å². The first-order valence-corrected chi connectivity index (χ1v) is 13.7. The molecule has 3 aromatic carbocycles. The van der Waals surface area contributed by atoms with Gasteiger partial charge in [0.05, 0.1) is 11.1 Å². The van der Waals surface area contributed by atoms with Gasteiger partial charge in [-0.1, -0.05) is 54.1 Å². The highest BCUT2D eigenvalue weighted by Gasteiger charge is 2.34. The highest BCUT2D eigenvalue weighted by molar-refractivity contribution is 6.20. The molecule has 5 nitrogen and oxygen atoms in total. The summed E-state index contributed by atoms with van der Waals surface area (Å²) in [6.07, 6.45) is 10.2. The Bertz CT molecular complexity index is 1510. The number of hydrogen-bond acceptors (Lipinski definition) is 5. The second-order valence-electron chi connectivity index (χ2n) is 11.0. The van der Waals surface area contributed by atoms with Crippen LogP contribution in [-0.4, -0.2) is 40.1 Å². The van der Waals surface area contributed by atoms with E-state index in [0.717, 1.165) is 55.9 Å². The standard InChI is InChI=1S/C36H38N2O3/c1-23(2)34-33(35(39)41-36(34)40)22-32-24(3)28(15-9-26-11-17-30(18-12-26)37(5)6)21-29(25(32)4)16-10-27-13-19-31(20-14-27)38(7)8/h9-22H,1-8H3/b15-9+,16-10+,33-22-. The SMILES string of the molecule is CC(C)=C1C(=O)OC(=O)/C1=C\c1c(C)c(/C=C/c2ccc(N(C)C)cc2)cc(/C=C/c2ccc(N(C)C)cc2)c1C. The number of cyclic esters (lactones) is 2. The molecule has 0 aliphatic carbocycles. The van der Waals surface area contributed by atoms with Crippen molar-refractivity contribution in [3.63, 3.8) is 0 Å². The molecule has 0 bridgehead atoms. The first-order valence-electron chi connectivity index (χ1n) is 13.7. The van der Waals surface area contributed by atoms with E-state index < -0.39 is 11.9 Å². The van der Waals surface area contributed by atoms with E-state index in [9.17, 15) is 9.59 Å². The van der Waals surface area contributed by atoms with Gasteiger partial charge < -0.3 is 14.5 Å². The lowest BCUT2D eigenvalue weighted by atomic mass is 9.89. The normalized spacial score (nSPS) is 14.4. The minimum Gasteiger partial charge on any atom is -0.386 e. The summed E-state index contributed by atoms with van der Waals surface area (Å²) < 4.78 is 4.98. The largest absolute Gasteiger partial charge is 0.386 e. The van der Waals surface area contributed by atoms with Gasteiger partial charge in [-0.25, -0.2) is 9.59 Å². The predicted molar refractivity (Wildman–Crippen MR) is 173 cm³/mol. The zero-order valence-electron chi connectivity index (χ0n) is 25.2. The zero-order valence-corrected chi connectivity index (χ0v) is 25.2. The zero-order chi connectivity index (χ0) is 29.8. The van der Waals surface area contributed by atoms with Crippen molar-refractivity contribution < 1.29 is 14.3 Å². The van der Waals surface area contributed by atoms with Gasteiger partial charge in [-0.3, -0.25) is 0 Å². The van der Waals surface area contributed by atoms with Crippen LogP contribution in [0.1, 0.15) is 52.8 Å². The lowest BCUT2D eigenvalue weighted by Gasteiger charge is -2.15. The second-order valence-corrected chi connectivity index (χ2v) is 11.0. The van der Waals surface area contributed by atoms with Crippen molar-refractivity contribution in [2.45, 2.75) is 27.7 Å². The second kappa shape index (κ2) is 12.3. The Hall–Kier alpha value is -4.64. The van der Waals surface area contributed by atoms with Crippen molar-refractivity contribution in [1.82, 2.24) is 0 Å². The van der Waals surface area contributed by atoms with E-state index in [1.54, 1.807) is 0 Å². The molecule has 0 amide bonds. The van der Waals surface area contributed by atoms with Crippen molar-refractivity contribution in [3.8, 4) is 0 Å². The molecule has 210 valence electrons. The average Bonchev–Trinajstić information content (AvgIpc) is 3.22. The molecule has 0 spiro atoms. The van der Waals surface area contributed by atoms with Gasteiger partial charge in [0.2, 0.25) is 0 Å². The third-order valence-corrected chi connectivity index (χ3v) is 7.38. The number of carbonyl (C=O) groups is 2. The van der Waals surface area contributed by atoms with Crippen molar-refractivity contribution in [2.24, 2.45) is 0 Å². The van der Waals surface area contributed by atoms with Gasteiger partial charge >= 0.3 is 11.9 Å². The Morgan fingerprint density at radius 1 is 0.659 bits per heavy atom. The molecule has 4 rings (SSSR count). The number of benzene rings is 3. The monoisotopic (exact) mass is 546 g/mol. The average molecular weight is 547 g/mol. The first-order chi connectivity index (χ1) is 19.5. The maximum absolute atomic E-state index is 12.7. The highest BCUT2D eigenvalue weighted by Crippen LogP contribution is 2.32. The lowest BCUT2D eigenvalue weighted by Crippen LogP contribution is -2.07. The van der Waals surface area contributed by atoms with E-state index in [1.807, 2.05) is 62.0 Å². The van der Waals surface area contributed by atoms with E-state index in [1.165, 1.54) is 0 Å². The van der Waals surface area contributed by atoms with Gasteiger partial charge in [0.1, 0.15) is 0 Å². The van der Waals surface area contributed by atoms with Gasteiger partial charge in [0.15, 0.2) is 0 Å². The van der Waals surface area contributed by atoms with Crippen LogP contribution in [0.3, 0.4) is 0 Å². The summed E-state index contributed by atoms with van der Waals surface area (Å²) in [4.78, 5) is 29.2. The van der Waals surface area contributed by atoms with Gasteiger partial charge in [0.25, 0.3) is 0 Å². The number of allylic oxidation sites excluding steroid dienone is 1. The van der Waals surface area contributed by atoms with Crippen molar-refractivity contribution >= 4 is 53.7 Å². The van der Waals surface area contributed by atoms with Crippen molar-refractivity contribution in [3.05, 3.63) is 110 Å². The molecular formula is C36H38N2O3. The highest BCUT2D eigenvalue weighted by atomic mass is 16.6. The molecule has 0 aromatic heterocycles. The van der Waals surface area contributed by atoms with E-state index in [2.05, 4.69) is 88.7 Å². The number of ether oxygens (including phenoxy) is 1. The number of rotatable bonds is 7. The molecule has 0 radical (unpaired) electrons. The van der Waals surface area contributed by atoms with Crippen LogP contribution in [0.5, 0.6) is 0 Å². The van der Waals surface area contributed by atoms with Crippen LogP contribution < -0.4 is 9.80 Å². The summed E-state index contributed by atoms with van der Waals surface area (Å²) in [5, 5.41) is 0. The molecular weight excluding hydrogens is 508 g/mol. The van der Waals surface area contributed by atoms with Crippen LogP contribution in [-0.2, 0) is 14.3 Å². The van der Waals surface area contributed by atoms with Crippen LogP contribution in [0, 0.1) is 13.8 Å². The molecule has 5 heteroatoms. The lowest BCUT2D eigenvalue weighted by molar-refractivity contribution is -0.149. The minimum absolute atomic E-state index is 0.302. The topological polar surface area (TPSA) is 49.9 Å². The van der Waals surface area contributed by atoms with E-state index >= 15 is 0 Å². The maximum Gasteiger partial charge on any atom is 0.346 e. The summed E-state index contributed by atoms with van der Waals surface area (Å²) in [6, 6.07) is 18.9. The summed E-state index contributed by atoms with van der Waals surface area (Å²) in [5.74, 6) is -1.19.